The lowest BCUT2D eigenvalue weighted by Crippen LogP contribution is -2.25. The van der Waals surface area contributed by atoms with Crippen LogP contribution >= 0.6 is 31.9 Å². The van der Waals surface area contributed by atoms with Crippen molar-refractivity contribution in [2.75, 3.05) is 20.8 Å². The van der Waals surface area contributed by atoms with Gasteiger partial charge in [0.2, 0.25) is 0 Å². The van der Waals surface area contributed by atoms with Crippen molar-refractivity contribution in [3.63, 3.8) is 0 Å². The van der Waals surface area contributed by atoms with E-state index in [-0.39, 0.29) is 17.7 Å². The zero-order valence-corrected chi connectivity index (χ0v) is 22.1. The summed E-state index contributed by atoms with van der Waals surface area (Å²) in [4.78, 5) is 23.7. The predicted molar refractivity (Wildman–Crippen MR) is 137 cm³/mol. The number of halogens is 2. The molecule has 35 heavy (non-hydrogen) atoms. The van der Waals surface area contributed by atoms with Gasteiger partial charge in [0.15, 0.2) is 17.2 Å². The van der Waals surface area contributed by atoms with Gasteiger partial charge < -0.3 is 29.7 Å². The van der Waals surface area contributed by atoms with Crippen LogP contribution in [0, 0.1) is 0 Å². The molecule has 0 heterocycles. The lowest BCUT2D eigenvalue weighted by atomic mass is 10.1. The van der Waals surface area contributed by atoms with Gasteiger partial charge in [0.05, 0.1) is 35.1 Å². The summed E-state index contributed by atoms with van der Waals surface area (Å²) in [6.45, 7) is 0.334. The van der Waals surface area contributed by atoms with Gasteiger partial charge in [-0.1, -0.05) is 6.07 Å². The molecule has 0 aliphatic rings. The summed E-state index contributed by atoms with van der Waals surface area (Å²) in [6.07, 6.45) is 0.413. The Morgan fingerprint density at radius 1 is 0.914 bits per heavy atom. The molecule has 0 aromatic heterocycles. The summed E-state index contributed by atoms with van der Waals surface area (Å²) in [5, 5.41) is 22.0. The summed E-state index contributed by atoms with van der Waals surface area (Å²) in [5.41, 5.74) is 1.60. The van der Waals surface area contributed by atoms with Gasteiger partial charge in [-0.2, -0.15) is 0 Å². The zero-order valence-electron chi connectivity index (χ0n) is 18.9. The van der Waals surface area contributed by atoms with Crippen LogP contribution in [-0.4, -0.2) is 42.9 Å². The summed E-state index contributed by atoms with van der Waals surface area (Å²) in [5.74, 6) is 0.367. The van der Waals surface area contributed by atoms with Crippen LogP contribution in [0.2, 0.25) is 0 Å². The number of nitrogens with one attached hydrogen (secondary N) is 1. The monoisotopic (exact) mass is 607 g/mol. The Hall–Kier alpha value is -3.24. The van der Waals surface area contributed by atoms with E-state index in [1.807, 2.05) is 12.1 Å². The van der Waals surface area contributed by atoms with Crippen LogP contribution in [0.1, 0.15) is 21.5 Å². The Morgan fingerprint density at radius 3 is 2.23 bits per heavy atom. The highest BCUT2D eigenvalue weighted by Gasteiger charge is 2.16. The van der Waals surface area contributed by atoms with Crippen molar-refractivity contribution < 1.29 is 34.0 Å². The Labute approximate surface area is 219 Å². The molecule has 0 aliphatic heterocycles. The van der Waals surface area contributed by atoms with E-state index in [1.54, 1.807) is 32.4 Å². The van der Waals surface area contributed by atoms with Crippen LogP contribution in [0.3, 0.4) is 0 Å². The fourth-order valence-corrected chi connectivity index (χ4v) is 4.76. The second-order valence-corrected chi connectivity index (χ2v) is 9.14. The number of carboxylic acid groups (broad SMARTS) is 1. The molecule has 0 aliphatic carbocycles. The first-order chi connectivity index (χ1) is 16.7. The molecule has 0 bridgehead atoms. The van der Waals surface area contributed by atoms with E-state index in [2.05, 4.69) is 37.2 Å². The first-order valence-corrected chi connectivity index (χ1v) is 12.0. The molecule has 0 radical (unpaired) electrons. The molecule has 0 fully saturated rings. The van der Waals surface area contributed by atoms with Crippen LogP contribution in [0.5, 0.6) is 28.7 Å². The highest BCUT2D eigenvalue weighted by atomic mass is 79.9. The van der Waals surface area contributed by atoms with E-state index in [9.17, 15) is 14.7 Å². The third-order valence-corrected chi connectivity index (χ3v) is 6.17. The molecular weight excluding hydrogens is 586 g/mol. The fraction of sp³-hybridized carbons (Fsp3) is 0.200. The highest BCUT2D eigenvalue weighted by molar-refractivity contribution is 9.11. The number of hydrogen-bond donors (Lipinski definition) is 3. The van der Waals surface area contributed by atoms with Crippen molar-refractivity contribution in [2.24, 2.45) is 0 Å². The summed E-state index contributed by atoms with van der Waals surface area (Å²) in [6, 6.07) is 13.2. The molecule has 1 amide bonds. The van der Waals surface area contributed by atoms with Gasteiger partial charge in [-0.25, -0.2) is 0 Å². The number of methoxy groups -OCH3 is 2. The van der Waals surface area contributed by atoms with E-state index in [0.717, 1.165) is 5.56 Å². The second-order valence-electron chi connectivity index (χ2n) is 7.44. The minimum Gasteiger partial charge on any atom is -0.507 e. The average Bonchev–Trinajstić information content (AvgIpc) is 2.81. The number of amides is 1. The molecular formula is C25H23Br2NO7. The first kappa shape index (κ1) is 26.4. The van der Waals surface area contributed by atoms with Gasteiger partial charge in [0.25, 0.3) is 5.91 Å². The predicted octanol–water partition coefficient (Wildman–Crippen LogP) is 5.33. The molecule has 10 heteroatoms. The van der Waals surface area contributed by atoms with Crippen molar-refractivity contribution in [1.82, 2.24) is 5.32 Å². The Balaban J connectivity index is 1.69. The van der Waals surface area contributed by atoms with Crippen LogP contribution in [-0.2, 0) is 17.6 Å². The molecule has 184 valence electrons. The van der Waals surface area contributed by atoms with Crippen molar-refractivity contribution >= 4 is 43.7 Å². The number of aromatic hydroxyl groups is 1. The molecule has 3 aromatic rings. The minimum atomic E-state index is -0.946. The quantitative estimate of drug-likeness (QED) is 0.285. The summed E-state index contributed by atoms with van der Waals surface area (Å²) < 4.78 is 17.5. The van der Waals surface area contributed by atoms with Gasteiger partial charge in [-0.15, -0.1) is 0 Å². The van der Waals surface area contributed by atoms with Crippen molar-refractivity contribution in [3.05, 3.63) is 74.2 Å². The van der Waals surface area contributed by atoms with E-state index < -0.39 is 11.9 Å². The van der Waals surface area contributed by atoms with Crippen LogP contribution in [0.4, 0.5) is 0 Å². The van der Waals surface area contributed by atoms with Crippen molar-refractivity contribution in [2.45, 2.75) is 12.8 Å². The number of aliphatic carboxylic acids is 1. The van der Waals surface area contributed by atoms with Crippen LogP contribution in [0.25, 0.3) is 0 Å². The second kappa shape index (κ2) is 11.9. The lowest BCUT2D eigenvalue weighted by molar-refractivity contribution is -0.136. The summed E-state index contributed by atoms with van der Waals surface area (Å²) >= 11 is 6.78. The average molecular weight is 609 g/mol. The molecule has 3 N–H and O–H groups in total. The van der Waals surface area contributed by atoms with Gasteiger partial charge in [-0.05, 0) is 91.9 Å². The summed E-state index contributed by atoms with van der Waals surface area (Å²) in [7, 11) is 3.12. The molecule has 0 saturated carbocycles. The van der Waals surface area contributed by atoms with Crippen LogP contribution < -0.4 is 19.5 Å². The minimum absolute atomic E-state index is 0.0598. The number of benzene rings is 3. The number of carbonyl (C=O) groups excluding carboxylic acids is 1. The number of carboxylic acids is 1. The normalized spacial score (nSPS) is 10.5. The molecule has 0 saturated heterocycles. The number of phenolic OH excluding ortho intramolecular Hbond substituents is 1. The maximum Gasteiger partial charge on any atom is 0.307 e. The largest absolute Gasteiger partial charge is 0.507 e. The van der Waals surface area contributed by atoms with Crippen molar-refractivity contribution in [1.29, 1.82) is 0 Å². The maximum atomic E-state index is 12.7. The number of carbonyl (C=O) groups is 2. The topological polar surface area (TPSA) is 114 Å². The molecule has 0 spiro atoms. The molecule has 3 aromatic carbocycles. The van der Waals surface area contributed by atoms with Crippen LogP contribution in [0.15, 0.2) is 57.5 Å². The highest BCUT2D eigenvalue weighted by Crippen LogP contribution is 2.39. The molecule has 3 rings (SSSR count). The van der Waals surface area contributed by atoms with E-state index >= 15 is 0 Å². The van der Waals surface area contributed by atoms with Gasteiger partial charge >= 0.3 is 5.97 Å². The van der Waals surface area contributed by atoms with E-state index in [1.165, 1.54) is 18.2 Å². The third kappa shape index (κ3) is 6.89. The fourth-order valence-electron chi connectivity index (χ4n) is 3.32. The third-order valence-electron chi connectivity index (χ3n) is 4.99. The Morgan fingerprint density at radius 2 is 1.60 bits per heavy atom. The Bertz CT molecular complexity index is 1220. The SMILES string of the molecule is COc1ccc(CCNC(=O)c2cc(Oc3c(Br)cc(CC(=O)O)cc3Br)ccc2O)cc1OC. The Kier molecular flexibility index (Phi) is 9.00. The molecule has 0 atom stereocenters. The molecule has 0 unspecified atom stereocenters. The standard InChI is InChI=1S/C25H23Br2NO7/c1-33-21-6-3-14(11-22(21)34-2)7-8-28-25(32)17-13-16(4-5-20(17)29)35-24-18(26)9-15(10-19(24)27)12-23(30)31/h3-6,9-11,13,29H,7-8,12H2,1-2H3,(H,28,32)(H,30,31). The number of hydrogen-bond acceptors (Lipinski definition) is 6. The number of phenols is 1. The first-order valence-electron chi connectivity index (χ1n) is 10.4. The van der Waals surface area contributed by atoms with Gasteiger partial charge in [0, 0.05) is 6.54 Å². The molecule has 8 nitrogen and oxygen atoms in total. The van der Waals surface area contributed by atoms with E-state index in [4.69, 9.17) is 19.3 Å². The van der Waals surface area contributed by atoms with Gasteiger partial charge in [-0.3, -0.25) is 9.59 Å². The van der Waals surface area contributed by atoms with Gasteiger partial charge in [0.1, 0.15) is 11.5 Å². The number of ether oxygens (including phenoxy) is 3. The maximum absolute atomic E-state index is 12.7. The lowest BCUT2D eigenvalue weighted by Gasteiger charge is -2.13. The number of rotatable bonds is 10. The zero-order chi connectivity index (χ0) is 25.5. The van der Waals surface area contributed by atoms with E-state index in [0.29, 0.717) is 50.5 Å². The van der Waals surface area contributed by atoms with Crippen molar-refractivity contribution in [3.8, 4) is 28.7 Å². The smallest absolute Gasteiger partial charge is 0.307 e.